The second kappa shape index (κ2) is 8.29. The molecule has 0 aliphatic carbocycles. The quantitative estimate of drug-likeness (QED) is 0.660. The van der Waals surface area contributed by atoms with E-state index in [0.29, 0.717) is 6.54 Å². The third-order valence-corrected chi connectivity index (χ3v) is 5.08. The van der Waals surface area contributed by atoms with Crippen molar-refractivity contribution < 1.29 is 14.7 Å². The minimum Gasteiger partial charge on any atom is -0.478 e. The molecule has 0 unspecified atom stereocenters. The average molecular weight is 405 g/mol. The summed E-state index contributed by atoms with van der Waals surface area (Å²) in [7, 11) is 0. The first-order valence-electron chi connectivity index (χ1n) is 9.54. The molecule has 30 heavy (non-hydrogen) atoms. The van der Waals surface area contributed by atoms with Gasteiger partial charge in [0.05, 0.1) is 16.5 Å². The van der Waals surface area contributed by atoms with Gasteiger partial charge in [-0.25, -0.2) is 9.59 Å². The molecule has 0 radical (unpaired) electrons. The number of rotatable bonds is 5. The summed E-state index contributed by atoms with van der Waals surface area (Å²) in [6, 6.07) is 11.3. The molecule has 0 atom stereocenters. The lowest BCUT2D eigenvalue weighted by Gasteiger charge is -2.28. The second-order valence-corrected chi connectivity index (χ2v) is 7.32. The van der Waals surface area contributed by atoms with E-state index < -0.39 is 17.6 Å². The summed E-state index contributed by atoms with van der Waals surface area (Å²) >= 11 is 0. The fraction of sp³-hybridized carbons (Fsp3) is 0.261. The molecule has 154 valence electrons. The van der Waals surface area contributed by atoms with Gasteiger partial charge in [-0.15, -0.1) is 6.42 Å². The summed E-state index contributed by atoms with van der Waals surface area (Å²) in [5.74, 6) is 1.22. The maximum absolute atomic E-state index is 13.5. The Morgan fingerprint density at radius 2 is 1.87 bits per heavy atom. The molecule has 1 aromatic heterocycles. The van der Waals surface area contributed by atoms with Gasteiger partial charge in [-0.05, 0) is 44.0 Å². The number of fused-ring (bicyclic) bond motifs is 1. The van der Waals surface area contributed by atoms with Gasteiger partial charge in [-0.1, -0.05) is 36.3 Å². The van der Waals surface area contributed by atoms with Crippen LogP contribution in [0.5, 0.6) is 0 Å². The van der Waals surface area contributed by atoms with Gasteiger partial charge in [0.25, 0.3) is 5.56 Å². The predicted octanol–water partition coefficient (Wildman–Crippen LogP) is 3.32. The van der Waals surface area contributed by atoms with E-state index in [-0.39, 0.29) is 29.1 Å². The number of carbonyl (C=O) groups excluding carboxylic acids is 1. The standard InChI is InChI=1S/C23H23N3O4/c1-5-13-25-20-18(11-8-12-19(20)22(28)29)21(27)26(25)23(30)24(15(2)3)14-17-10-7-6-9-16(17)4/h1,6-12,15H,13-14H2,2-4H3,(H,28,29). The molecule has 3 aromatic rings. The molecular formula is C23H23N3O4. The van der Waals surface area contributed by atoms with Gasteiger partial charge >= 0.3 is 12.0 Å². The first kappa shape index (κ1) is 20.9. The van der Waals surface area contributed by atoms with Crippen LogP contribution >= 0.6 is 0 Å². The van der Waals surface area contributed by atoms with Gasteiger partial charge in [0.2, 0.25) is 0 Å². The lowest BCUT2D eigenvalue weighted by atomic mass is 10.1. The topological polar surface area (TPSA) is 84.5 Å². The molecule has 3 rings (SSSR count). The number of carboxylic acid groups (broad SMARTS) is 1. The second-order valence-electron chi connectivity index (χ2n) is 7.32. The number of amides is 1. The Labute approximate surface area is 174 Å². The number of para-hydroxylation sites is 1. The predicted molar refractivity (Wildman–Crippen MR) is 115 cm³/mol. The molecule has 1 N–H and O–H groups in total. The summed E-state index contributed by atoms with van der Waals surface area (Å²) in [6.07, 6.45) is 5.48. The Morgan fingerprint density at radius 3 is 2.47 bits per heavy atom. The van der Waals surface area contributed by atoms with Crippen molar-refractivity contribution in [2.24, 2.45) is 0 Å². The molecule has 1 amide bonds. The average Bonchev–Trinajstić information content (AvgIpc) is 2.99. The highest BCUT2D eigenvalue weighted by atomic mass is 16.4. The van der Waals surface area contributed by atoms with E-state index in [1.165, 1.54) is 22.9 Å². The molecule has 7 heteroatoms. The van der Waals surface area contributed by atoms with Crippen molar-refractivity contribution in [2.75, 3.05) is 0 Å². The Morgan fingerprint density at radius 1 is 1.17 bits per heavy atom. The SMILES string of the molecule is C#CCn1c2c(C(=O)O)cccc2c(=O)n1C(=O)N(Cc1ccccc1C)C(C)C. The number of hydrogen-bond donors (Lipinski definition) is 1. The summed E-state index contributed by atoms with van der Waals surface area (Å²) in [5.41, 5.74) is 1.45. The van der Waals surface area contributed by atoms with Crippen LogP contribution in [0.2, 0.25) is 0 Å². The van der Waals surface area contributed by atoms with Crippen LogP contribution in [0.1, 0.15) is 35.3 Å². The molecule has 7 nitrogen and oxygen atoms in total. The van der Waals surface area contributed by atoms with E-state index >= 15 is 0 Å². The number of benzene rings is 2. The Balaban J connectivity index is 2.21. The Hall–Kier alpha value is -3.79. The monoisotopic (exact) mass is 405 g/mol. The number of aromatic nitrogens is 2. The summed E-state index contributed by atoms with van der Waals surface area (Å²) in [6.45, 7) is 5.86. The van der Waals surface area contributed by atoms with Crippen molar-refractivity contribution in [3.05, 3.63) is 69.5 Å². The van der Waals surface area contributed by atoms with Crippen molar-refractivity contribution in [1.82, 2.24) is 14.3 Å². The Bertz CT molecular complexity index is 1230. The number of hydrogen-bond acceptors (Lipinski definition) is 3. The van der Waals surface area contributed by atoms with Gasteiger partial charge in [-0.3, -0.25) is 9.48 Å². The number of aryl methyl sites for hydroxylation is 1. The smallest absolute Gasteiger partial charge is 0.347 e. The van der Waals surface area contributed by atoms with Crippen LogP contribution in [0, 0.1) is 19.3 Å². The van der Waals surface area contributed by atoms with Crippen LogP contribution in [-0.4, -0.2) is 37.4 Å². The van der Waals surface area contributed by atoms with E-state index in [9.17, 15) is 19.5 Å². The summed E-state index contributed by atoms with van der Waals surface area (Å²) in [5, 5.41) is 9.70. The maximum atomic E-state index is 13.5. The molecule has 0 spiro atoms. The van der Waals surface area contributed by atoms with Crippen LogP contribution in [-0.2, 0) is 13.1 Å². The van der Waals surface area contributed by atoms with Crippen LogP contribution in [0.3, 0.4) is 0 Å². The van der Waals surface area contributed by atoms with Crippen molar-refractivity contribution in [1.29, 1.82) is 0 Å². The molecule has 0 bridgehead atoms. The van der Waals surface area contributed by atoms with Crippen molar-refractivity contribution in [3.63, 3.8) is 0 Å². The highest BCUT2D eigenvalue weighted by Crippen LogP contribution is 2.19. The summed E-state index contributed by atoms with van der Waals surface area (Å²) < 4.78 is 2.23. The van der Waals surface area contributed by atoms with Gasteiger partial charge in [0.1, 0.15) is 6.54 Å². The minimum absolute atomic E-state index is 0.0820. The highest BCUT2D eigenvalue weighted by Gasteiger charge is 2.27. The van der Waals surface area contributed by atoms with Gasteiger partial charge in [0.15, 0.2) is 0 Å². The van der Waals surface area contributed by atoms with Crippen LogP contribution in [0.25, 0.3) is 10.9 Å². The van der Waals surface area contributed by atoms with Crippen LogP contribution in [0.15, 0.2) is 47.3 Å². The first-order chi connectivity index (χ1) is 14.3. The van der Waals surface area contributed by atoms with E-state index in [1.807, 2.05) is 45.0 Å². The van der Waals surface area contributed by atoms with Crippen LogP contribution in [0.4, 0.5) is 4.79 Å². The highest BCUT2D eigenvalue weighted by molar-refractivity contribution is 6.02. The molecule has 2 aromatic carbocycles. The van der Waals surface area contributed by atoms with Gasteiger partial charge < -0.3 is 10.0 Å². The number of carboxylic acids is 1. The number of carbonyl (C=O) groups is 2. The third kappa shape index (κ3) is 3.60. The first-order valence-corrected chi connectivity index (χ1v) is 9.54. The molecule has 0 fully saturated rings. The molecule has 1 heterocycles. The zero-order valence-electron chi connectivity index (χ0n) is 17.1. The van der Waals surface area contributed by atoms with E-state index in [4.69, 9.17) is 6.42 Å². The van der Waals surface area contributed by atoms with Crippen LogP contribution < -0.4 is 5.56 Å². The minimum atomic E-state index is -1.20. The van der Waals surface area contributed by atoms with E-state index in [1.54, 1.807) is 4.90 Å². The zero-order valence-corrected chi connectivity index (χ0v) is 17.1. The van der Waals surface area contributed by atoms with Gasteiger partial charge in [-0.2, -0.15) is 4.68 Å². The van der Waals surface area contributed by atoms with E-state index in [2.05, 4.69) is 5.92 Å². The van der Waals surface area contributed by atoms with Gasteiger partial charge in [0, 0.05) is 12.6 Å². The molecule has 0 saturated carbocycles. The fourth-order valence-electron chi connectivity index (χ4n) is 3.48. The Kier molecular flexibility index (Phi) is 5.79. The lowest BCUT2D eigenvalue weighted by molar-refractivity contribution is 0.0698. The number of aromatic carboxylic acids is 1. The zero-order chi connectivity index (χ0) is 22.0. The lowest BCUT2D eigenvalue weighted by Crippen LogP contribution is -2.45. The van der Waals surface area contributed by atoms with Crippen molar-refractivity contribution in [3.8, 4) is 12.3 Å². The van der Waals surface area contributed by atoms with Crippen molar-refractivity contribution in [2.45, 2.75) is 39.9 Å². The fourth-order valence-corrected chi connectivity index (χ4v) is 3.48. The number of nitrogens with zero attached hydrogens (tertiary/aromatic N) is 3. The van der Waals surface area contributed by atoms with E-state index in [0.717, 1.165) is 15.8 Å². The molecule has 0 aliphatic heterocycles. The molecule has 0 saturated heterocycles. The van der Waals surface area contributed by atoms with Crippen molar-refractivity contribution >= 4 is 22.9 Å². The number of terminal acetylenes is 1. The molecule has 0 aliphatic rings. The maximum Gasteiger partial charge on any atom is 0.347 e. The summed E-state index contributed by atoms with van der Waals surface area (Å²) in [4.78, 5) is 39.9. The normalized spacial score (nSPS) is 10.9. The molecular weight excluding hydrogens is 382 g/mol. The third-order valence-electron chi connectivity index (χ3n) is 5.08. The largest absolute Gasteiger partial charge is 0.478 e.